The van der Waals surface area contributed by atoms with Crippen molar-refractivity contribution < 1.29 is 14.1 Å². The molecule has 1 atom stereocenters. The Balaban J connectivity index is 2.29. The molecule has 1 aliphatic heterocycles. The molecule has 92 valence electrons. The van der Waals surface area contributed by atoms with Gasteiger partial charge < -0.3 is 14.7 Å². The Hall–Kier alpha value is -1.85. The van der Waals surface area contributed by atoms with E-state index in [1.165, 1.54) is 0 Å². The van der Waals surface area contributed by atoms with Crippen molar-refractivity contribution in [3.63, 3.8) is 0 Å². The lowest BCUT2D eigenvalue weighted by atomic mass is 10.1. The SMILES string of the molecule is Cc1noc(C)c1C(=O)N1CCNC(=O)C1C. The molecule has 1 N–H and O–H groups in total. The number of nitrogens with one attached hydrogen (secondary N) is 1. The highest BCUT2D eigenvalue weighted by Crippen LogP contribution is 2.17. The van der Waals surface area contributed by atoms with E-state index in [1.807, 2.05) is 0 Å². The number of hydrogen-bond acceptors (Lipinski definition) is 4. The lowest BCUT2D eigenvalue weighted by Gasteiger charge is -2.32. The Morgan fingerprint density at radius 1 is 1.53 bits per heavy atom. The summed E-state index contributed by atoms with van der Waals surface area (Å²) < 4.78 is 4.97. The normalized spacial score (nSPS) is 20.3. The highest BCUT2D eigenvalue weighted by Gasteiger charge is 2.32. The van der Waals surface area contributed by atoms with E-state index in [2.05, 4.69) is 10.5 Å². The minimum absolute atomic E-state index is 0.128. The number of carbonyl (C=O) groups excluding carboxylic acids is 2. The van der Waals surface area contributed by atoms with E-state index >= 15 is 0 Å². The van der Waals surface area contributed by atoms with E-state index in [0.717, 1.165) is 0 Å². The van der Waals surface area contributed by atoms with Crippen LogP contribution >= 0.6 is 0 Å². The lowest BCUT2D eigenvalue weighted by molar-refractivity contribution is -0.127. The first-order valence-electron chi connectivity index (χ1n) is 5.54. The molecule has 0 saturated carbocycles. The highest BCUT2D eigenvalue weighted by atomic mass is 16.5. The molecule has 0 aromatic carbocycles. The first-order chi connectivity index (χ1) is 8.02. The molecule has 2 amide bonds. The standard InChI is InChI=1S/C11H15N3O3/c1-6-9(8(3)17-13-6)11(16)14-5-4-12-10(15)7(14)2/h7H,4-5H2,1-3H3,(H,12,15). The second-order valence-electron chi connectivity index (χ2n) is 4.16. The van der Waals surface area contributed by atoms with E-state index in [9.17, 15) is 9.59 Å². The molecular formula is C11H15N3O3. The van der Waals surface area contributed by atoms with Gasteiger partial charge in [0.2, 0.25) is 5.91 Å². The van der Waals surface area contributed by atoms with E-state index in [1.54, 1.807) is 25.7 Å². The predicted molar refractivity (Wildman–Crippen MR) is 59.5 cm³/mol. The Kier molecular flexibility index (Phi) is 2.87. The Morgan fingerprint density at radius 3 is 2.82 bits per heavy atom. The van der Waals surface area contributed by atoms with Crippen LogP contribution in [0.2, 0.25) is 0 Å². The van der Waals surface area contributed by atoms with Crippen LogP contribution in [0.4, 0.5) is 0 Å². The van der Waals surface area contributed by atoms with E-state index in [0.29, 0.717) is 30.1 Å². The quantitative estimate of drug-likeness (QED) is 0.759. The molecule has 0 radical (unpaired) electrons. The zero-order valence-electron chi connectivity index (χ0n) is 10.1. The molecule has 1 unspecified atom stereocenters. The van der Waals surface area contributed by atoms with Crippen molar-refractivity contribution in [1.82, 2.24) is 15.4 Å². The number of aromatic nitrogens is 1. The third kappa shape index (κ3) is 1.90. The average molecular weight is 237 g/mol. The topological polar surface area (TPSA) is 75.4 Å². The third-order valence-corrected chi connectivity index (χ3v) is 3.01. The summed E-state index contributed by atoms with van der Waals surface area (Å²) in [6, 6.07) is -0.454. The summed E-state index contributed by atoms with van der Waals surface area (Å²) in [4.78, 5) is 25.4. The lowest BCUT2D eigenvalue weighted by Crippen LogP contribution is -2.55. The van der Waals surface area contributed by atoms with Gasteiger partial charge in [-0.05, 0) is 20.8 Å². The zero-order valence-corrected chi connectivity index (χ0v) is 10.1. The minimum atomic E-state index is -0.454. The molecule has 1 aromatic rings. The number of piperazine rings is 1. The summed E-state index contributed by atoms with van der Waals surface area (Å²) in [7, 11) is 0. The van der Waals surface area contributed by atoms with Crippen LogP contribution in [0.5, 0.6) is 0 Å². The third-order valence-electron chi connectivity index (χ3n) is 3.01. The number of rotatable bonds is 1. The second-order valence-corrected chi connectivity index (χ2v) is 4.16. The summed E-state index contributed by atoms with van der Waals surface area (Å²) in [5, 5.41) is 6.47. The molecule has 6 heteroatoms. The molecule has 6 nitrogen and oxygen atoms in total. The summed E-state index contributed by atoms with van der Waals surface area (Å²) in [6.07, 6.45) is 0. The maximum absolute atomic E-state index is 12.3. The van der Waals surface area contributed by atoms with Crippen molar-refractivity contribution in [3.8, 4) is 0 Å². The Morgan fingerprint density at radius 2 is 2.24 bits per heavy atom. The molecule has 1 fully saturated rings. The van der Waals surface area contributed by atoms with Gasteiger partial charge in [-0.15, -0.1) is 0 Å². The summed E-state index contributed by atoms with van der Waals surface area (Å²) in [6.45, 7) is 6.12. The van der Waals surface area contributed by atoms with Crippen LogP contribution in [0.25, 0.3) is 0 Å². The second kappa shape index (κ2) is 4.20. The maximum atomic E-state index is 12.3. The Bertz CT molecular complexity index is 447. The van der Waals surface area contributed by atoms with Crippen molar-refractivity contribution in [3.05, 3.63) is 17.0 Å². The molecule has 0 bridgehead atoms. The first kappa shape index (κ1) is 11.6. The number of aryl methyl sites for hydroxylation is 2. The van der Waals surface area contributed by atoms with Gasteiger partial charge in [0, 0.05) is 13.1 Å². The van der Waals surface area contributed by atoms with Crippen molar-refractivity contribution in [2.45, 2.75) is 26.8 Å². The van der Waals surface area contributed by atoms with Gasteiger partial charge in [-0.2, -0.15) is 0 Å². The largest absolute Gasteiger partial charge is 0.361 e. The van der Waals surface area contributed by atoms with Crippen LogP contribution in [0.3, 0.4) is 0 Å². The van der Waals surface area contributed by atoms with E-state index < -0.39 is 6.04 Å². The number of hydrogen-bond donors (Lipinski definition) is 1. The molecule has 0 aliphatic carbocycles. The summed E-state index contributed by atoms with van der Waals surface area (Å²) in [5.41, 5.74) is 1.03. The van der Waals surface area contributed by atoms with Crippen molar-refractivity contribution in [2.75, 3.05) is 13.1 Å². The molecule has 1 saturated heterocycles. The van der Waals surface area contributed by atoms with E-state index in [-0.39, 0.29) is 11.8 Å². The molecule has 2 heterocycles. The molecule has 17 heavy (non-hydrogen) atoms. The van der Waals surface area contributed by atoms with Crippen molar-refractivity contribution in [2.24, 2.45) is 0 Å². The number of amides is 2. The van der Waals surface area contributed by atoms with Gasteiger partial charge >= 0.3 is 0 Å². The number of nitrogens with zero attached hydrogens (tertiary/aromatic N) is 2. The average Bonchev–Trinajstić information content (AvgIpc) is 2.62. The fourth-order valence-corrected chi connectivity index (χ4v) is 1.99. The van der Waals surface area contributed by atoms with Gasteiger partial charge in [0.25, 0.3) is 5.91 Å². The van der Waals surface area contributed by atoms with Crippen LogP contribution < -0.4 is 5.32 Å². The monoisotopic (exact) mass is 237 g/mol. The Labute approximate surface area is 98.9 Å². The van der Waals surface area contributed by atoms with E-state index in [4.69, 9.17) is 4.52 Å². The minimum Gasteiger partial charge on any atom is -0.361 e. The molecule has 0 spiro atoms. The van der Waals surface area contributed by atoms with Crippen LogP contribution in [0.1, 0.15) is 28.7 Å². The van der Waals surface area contributed by atoms with Gasteiger partial charge in [-0.3, -0.25) is 9.59 Å². The van der Waals surface area contributed by atoms with Crippen LogP contribution in [0.15, 0.2) is 4.52 Å². The van der Waals surface area contributed by atoms with Crippen LogP contribution in [-0.2, 0) is 4.79 Å². The van der Waals surface area contributed by atoms with Crippen molar-refractivity contribution >= 4 is 11.8 Å². The number of carbonyl (C=O) groups is 2. The van der Waals surface area contributed by atoms with Gasteiger partial charge in [0.05, 0.1) is 5.69 Å². The molecule has 1 aromatic heterocycles. The zero-order chi connectivity index (χ0) is 12.6. The summed E-state index contributed by atoms with van der Waals surface area (Å²) >= 11 is 0. The molecular weight excluding hydrogens is 222 g/mol. The highest BCUT2D eigenvalue weighted by molar-refractivity contribution is 5.99. The smallest absolute Gasteiger partial charge is 0.260 e. The van der Waals surface area contributed by atoms with Crippen LogP contribution in [0, 0.1) is 13.8 Å². The van der Waals surface area contributed by atoms with Gasteiger partial charge in [-0.25, -0.2) is 0 Å². The summed E-state index contributed by atoms with van der Waals surface area (Å²) in [5.74, 6) is 0.172. The predicted octanol–water partition coefficient (Wildman–Crippen LogP) is 0.252. The fraction of sp³-hybridized carbons (Fsp3) is 0.545. The van der Waals surface area contributed by atoms with Gasteiger partial charge in [0.1, 0.15) is 17.4 Å². The fourth-order valence-electron chi connectivity index (χ4n) is 1.99. The first-order valence-corrected chi connectivity index (χ1v) is 5.54. The van der Waals surface area contributed by atoms with Gasteiger partial charge in [0.15, 0.2) is 0 Å². The molecule has 2 rings (SSSR count). The van der Waals surface area contributed by atoms with Crippen molar-refractivity contribution in [1.29, 1.82) is 0 Å². The van der Waals surface area contributed by atoms with Crippen LogP contribution in [-0.4, -0.2) is 41.0 Å². The maximum Gasteiger partial charge on any atom is 0.260 e. The molecule has 1 aliphatic rings. The van der Waals surface area contributed by atoms with Gasteiger partial charge in [-0.1, -0.05) is 5.16 Å².